The molecular weight excluding hydrogens is 327 g/mol. The summed E-state index contributed by atoms with van der Waals surface area (Å²) in [6.45, 7) is -0.182. The van der Waals surface area contributed by atoms with Gasteiger partial charge < -0.3 is 15.8 Å². The van der Waals surface area contributed by atoms with E-state index in [1.165, 1.54) is 18.2 Å². The molecule has 3 N–H and O–H groups in total. The number of hydrogen-bond donors (Lipinski definition) is 2. The molecule has 0 saturated carbocycles. The third-order valence-electron chi connectivity index (χ3n) is 2.42. The van der Waals surface area contributed by atoms with Gasteiger partial charge in [-0.2, -0.15) is 0 Å². The Morgan fingerprint density at radius 2 is 2.10 bits per heavy atom. The number of nitrogens with one attached hydrogen (secondary N) is 1. The standard InChI is InChI=1S/C14H12BrFN2O2/c15-12-6-9(16)4-5-13(12)20-8-14(19)18-11-3-1-2-10(17)7-11/h1-7H,8,17H2,(H,18,19). The second kappa shape index (κ2) is 6.38. The fourth-order valence-electron chi connectivity index (χ4n) is 1.55. The fraction of sp³-hybridized carbons (Fsp3) is 0.0714. The Balaban J connectivity index is 1.92. The van der Waals surface area contributed by atoms with E-state index in [1.807, 2.05) is 0 Å². The second-order valence-corrected chi connectivity index (χ2v) is 4.89. The smallest absolute Gasteiger partial charge is 0.262 e. The molecule has 0 saturated heterocycles. The summed E-state index contributed by atoms with van der Waals surface area (Å²) in [4.78, 5) is 11.7. The molecule has 0 fully saturated rings. The van der Waals surface area contributed by atoms with Gasteiger partial charge in [-0.25, -0.2) is 4.39 Å². The molecule has 20 heavy (non-hydrogen) atoms. The molecule has 2 rings (SSSR count). The van der Waals surface area contributed by atoms with Crippen molar-refractivity contribution in [2.45, 2.75) is 0 Å². The maximum absolute atomic E-state index is 12.9. The number of nitrogens with two attached hydrogens (primary N) is 1. The van der Waals surface area contributed by atoms with Gasteiger partial charge in [-0.1, -0.05) is 6.07 Å². The number of benzene rings is 2. The highest BCUT2D eigenvalue weighted by Crippen LogP contribution is 2.25. The molecule has 0 spiro atoms. The van der Waals surface area contributed by atoms with Crippen LogP contribution in [0.3, 0.4) is 0 Å². The van der Waals surface area contributed by atoms with E-state index < -0.39 is 0 Å². The first-order chi connectivity index (χ1) is 9.54. The number of carbonyl (C=O) groups is 1. The van der Waals surface area contributed by atoms with E-state index in [-0.39, 0.29) is 18.3 Å². The zero-order valence-corrected chi connectivity index (χ0v) is 12.0. The van der Waals surface area contributed by atoms with Gasteiger partial charge in [-0.15, -0.1) is 0 Å². The quantitative estimate of drug-likeness (QED) is 0.841. The first-order valence-electron chi connectivity index (χ1n) is 5.78. The Bertz CT molecular complexity index is 634. The van der Waals surface area contributed by atoms with E-state index in [4.69, 9.17) is 10.5 Å². The maximum atomic E-state index is 12.9. The van der Waals surface area contributed by atoms with E-state index >= 15 is 0 Å². The third-order valence-corrected chi connectivity index (χ3v) is 3.04. The van der Waals surface area contributed by atoms with E-state index in [9.17, 15) is 9.18 Å². The Labute approximate surface area is 123 Å². The topological polar surface area (TPSA) is 64.3 Å². The molecule has 0 bridgehead atoms. The summed E-state index contributed by atoms with van der Waals surface area (Å²) in [5.41, 5.74) is 6.76. The van der Waals surface area contributed by atoms with Crippen LogP contribution in [0, 0.1) is 5.82 Å². The number of hydrogen-bond acceptors (Lipinski definition) is 3. The summed E-state index contributed by atoms with van der Waals surface area (Å²) < 4.78 is 18.6. The number of halogens is 2. The lowest BCUT2D eigenvalue weighted by Crippen LogP contribution is -2.20. The lowest BCUT2D eigenvalue weighted by Gasteiger charge is -2.09. The average Bonchev–Trinajstić information content (AvgIpc) is 2.37. The molecule has 4 nitrogen and oxygen atoms in total. The van der Waals surface area contributed by atoms with Crippen LogP contribution < -0.4 is 15.8 Å². The minimum absolute atomic E-state index is 0.182. The van der Waals surface area contributed by atoms with E-state index in [1.54, 1.807) is 24.3 Å². The van der Waals surface area contributed by atoms with Gasteiger partial charge in [0, 0.05) is 11.4 Å². The first kappa shape index (κ1) is 14.3. The molecule has 2 aromatic rings. The monoisotopic (exact) mass is 338 g/mol. The molecule has 1 amide bonds. The van der Waals surface area contributed by atoms with Gasteiger partial charge in [0.05, 0.1) is 4.47 Å². The molecule has 6 heteroatoms. The molecule has 104 valence electrons. The highest BCUT2D eigenvalue weighted by Gasteiger charge is 2.07. The van der Waals surface area contributed by atoms with Crippen LogP contribution in [-0.4, -0.2) is 12.5 Å². The van der Waals surface area contributed by atoms with Gasteiger partial charge in [0.15, 0.2) is 6.61 Å². The molecule has 0 aliphatic heterocycles. The molecule has 2 aromatic carbocycles. The van der Waals surface area contributed by atoms with Gasteiger partial charge in [-0.05, 0) is 52.3 Å². The largest absolute Gasteiger partial charge is 0.483 e. The zero-order valence-electron chi connectivity index (χ0n) is 10.4. The Morgan fingerprint density at radius 1 is 1.30 bits per heavy atom. The minimum atomic E-state index is -0.381. The van der Waals surface area contributed by atoms with Crippen LogP contribution in [0.4, 0.5) is 15.8 Å². The highest BCUT2D eigenvalue weighted by atomic mass is 79.9. The van der Waals surface area contributed by atoms with Crippen LogP contribution in [0.25, 0.3) is 0 Å². The van der Waals surface area contributed by atoms with Crippen molar-refractivity contribution in [3.8, 4) is 5.75 Å². The summed E-state index contributed by atoms with van der Waals surface area (Å²) >= 11 is 3.16. The maximum Gasteiger partial charge on any atom is 0.262 e. The Hall–Kier alpha value is -2.08. The van der Waals surface area contributed by atoms with Crippen LogP contribution in [-0.2, 0) is 4.79 Å². The predicted octanol–water partition coefficient (Wildman–Crippen LogP) is 3.19. The number of carbonyl (C=O) groups excluding carboxylic acids is 1. The number of amides is 1. The second-order valence-electron chi connectivity index (χ2n) is 4.04. The van der Waals surface area contributed by atoms with Crippen molar-refractivity contribution in [2.75, 3.05) is 17.7 Å². The SMILES string of the molecule is Nc1cccc(NC(=O)COc2ccc(F)cc2Br)c1. The minimum Gasteiger partial charge on any atom is -0.483 e. The Morgan fingerprint density at radius 3 is 2.80 bits per heavy atom. The lowest BCUT2D eigenvalue weighted by molar-refractivity contribution is -0.118. The third kappa shape index (κ3) is 3.96. The average molecular weight is 339 g/mol. The van der Waals surface area contributed by atoms with Crippen LogP contribution in [0.5, 0.6) is 5.75 Å². The molecule has 0 aliphatic carbocycles. The molecule has 0 unspecified atom stereocenters. The number of ether oxygens (including phenoxy) is 1. The van der Waals surface area contributed by atoms with Gasteiger partial charge in [-0.3, -0.25) is 4.79 Å². The number of anilines is 2. The molecule has 0 aliphatic rings. The van der Waals surface area contributed by atoms with Crippen molar-refractivity contribution < 1.29 is 13.9 Å². The first-order valence-corrected chi connectivity index (χ1v) is 6.57. The van der Waals surface area contributed by atoms with E-state index in [2.05, 4.69) is 21.2 Å². The van der Waals surface area contributed by atoms with Gasteiger partial charge in [0.25, 0.3) is 5.91 Å². The normalized spacial score (nSPS) is 10.1. The lowest BCUT2D eigenvalue weighted by atomic mass is 10.3. The summed E-state index contributed by atoms with van der Waals surface area (Å²) in [6, 6.07) is 10.8. The van der Waals surface area contributed by atoms with E-state index in [0.717, 1.165) is 0 Å². The van der Waals surface area contributed by atoms with Crippen molar-refractivity contribution in [3.05, 3.63) is 52.8 Å². The number of rotatable bonds is 4. The molecular formula is C14H12BrFN2O2. The predicted molar refractivity (Wildman–Crippen MR) is 79.1 cm³/mol. The number of nitrogen functional groups attached to an aromatic ring is 1. The van der Waals surface area contributed by atoms with Crippen LogP contribution in [0.15, 0.2) is 46.9 Å². The molecule has 0 atom stereocenters. The molecule has 0 heterocycles. The van der Waals surface area contributed by atoms with Gasteiger partial charge >= 0.3 is 0 Å². The summed E-state index contributed by atoms with van der Waals surface area (Å²) in [7, 11) is 0. The Kier molecular flexibility index (Phi) is 4.57. The van der Waals surface area contributed by atoms with Crippen molar-refractivity contribution in [2.24, 2.45) is 0 Å². The van der Waals surface area contributed by atoms with E-state index in [0.29, 0.717) is 21.6 Å². The summed E-state index contributed by atoms with van der Waals surface area (Å²) in [6.07, 6.45) is 0. The van der Waals surface area contributed by atoms with Gasteiger partial charge in [0.2, 0.25) is 0 Å². The summed E-state index contributed by atoms with van der Waals surface area (Å²) in [5, 5.41) is 2.65. The zero-order chi connectivity index (χ0) is 14.5. The van der Waals surface area contributed by atoms with Gasteiger partial charge in [0.1, 0.15) is 11.6 Å². The van der Waals surface area contributed by atoms with Crippen molar-refractivity contribution in [3.63, 3.8) is 0 Å². The molecule has 0 radical (unpaired) electrons. The van der Waals surface area contributed by atoms with Crippen LogP contribution in [0.1, 0.15) is 0 Å². The van der Waals surface area contributed by atoms with Crippen LogP contribution >= 0.6 is 15.9 Å². The molecule has 0 aromatic heterocycles. The van der Waals surface area contributed by atoms with Crippen LogP contribution in [0.2, 0.25) is 0 Å². The van der Waals surface area contributed by atoms with Crippen molar-refractivity contribution in [1.82, 2.24) is 0 Å². The highest BCUT2D eigenvalue weighted by molar-refractivity contribution is 9.10. The summed E-state index contributed by atoms with van der Waals surface area (Å²) in [5.74, 6) is -0.311. The fourth-order valence-corrected chi connectivity index (χ4v) is 2.01. The van der Waals surface area contributed by atoms with Crippen molar-refractivity contribution >= 4 is 33.2 Å². The van der Waals surface area contributed by atoms with Crippen molar-refractivity contribution in [1.29, 1.82) is 0 Å².